The van der Waals surface area contributed by atoms with Gasteiger partial charge >= 0.3 is 0 Å². The third kappa shape index (κ3) is 2.27. The molecular weight excluding hydrogens is 224 g/mol. The van der Waals surface area contributed by atoms with Crippen LogP contribution in [0.3, 0.4) is 0 Å². The summed E-state index contributed by atoms with van der Waals surface area (Å²) in [5.74, 6) is 1.35. The van der Waals surface area contributed by atoms with Crippen molar-refractivity contribution in [3.63, 3.8) is 0 Å². The van der Waals surface area contributed by atoms with Gasteiger partial charge in [0.1, 0.15) is 0 Å². The molecule has 3 rings (SSSR count). The van der Waals surface area contributed by atoms with Crippen molar-refractivity contribution in [2.75, 3.05) is 5.32 Å². The maximum atomic E-state index is 12.1. The Morgan fingerprint density at radius 1 is 1.39 bits per heavy atom. The molecule has 96 valence electrons. The molecule has 2 N–H and O–H groups in total. The Balaban J connectivity index is 1.64. The number of carbonyl (C=O) groups is 1. The quantitative estimate of drug-likeness (QED) is 0.857. The van der Waals surface area contributed by atoms with Crippen molar-refractivity contribution >= 4 is 11.6 Å². The van der Waals surface area contributed by atoms with Crippen LogP contribution < -0.4 is 10.6 Å². The minimum absolute atomic E-state index is 0.0106. The second-order valence-electron chi connectivity index (χ2n) is 5.83. The van der Waals surface area contributed by atoms with Crippen LogP contribution in [0, 0.1) is 5.92 Å². The molecule has 3 heteroatoms. The molecule has 18 heavy (non-hydrogen) atoms. The second-order valence-corrected chi connectivity index (χ2v) is 5.83. The first-order valence-corrected chi connectivity index (χ1v) is 6.80. The molecule has 1 aromatic carbocycles. The third-order valence-corrected chi connectivity index (χ3v) is 4.01. The van der Waals surface area contributed by atoms with E-state index in [0.29, 0.717) is 12.0 Å². The van der Waals surface area contributed by atoms with Crippen LogP contribution in [0.25, 0.3) is 0 Å². The van der Waals surface area contributed by atoms with Gasteiger partial charge in [-0.05, 0) is 42.4 Å². The van der Waals surface area contributed by atoms with E-state index in [1.54, 1.807) is 0 Å². The lowest BCUT2D eigenvalue weighted by molar-refractivity contribution is -0.118. The largest absolute Gasteiger partial charge is 0.325 e. The van der Waals surface area contributed by atoms with Gasteiger partial charge in [-0.1, -0.05) is 26.0 Å². The van der Waals surface area contributed by atoms with Gasteiger partial charge in [0, 0.05) is 11.7 Å². The number of nitrogens with one attached hydrogen (secondary N) is 2. The Kier molecular flexibility index (Phi) is 2.86. The van der Waals surface area contributed by atoms with Crippen LogP contribution in [0.4, 0.5) is 5.69 Å². The Hall–Kier alpha value is -1.35. The van der Waals surface area contributed by atoms with E-state index in [4.69, 9.17) is 0 Å². The predicted octanol–water partition coefficient (Wildman–Crippen LogP) is 2.50. The topological polar surface area (TPSA) is 41.1 Å². The van der Waals surface area contributed by atoms with Crippen LogP contribution in [0.1, 0.15) is 38.2 Å². The van der Waals surface area contributed by atoms with Crippen LogP contribution >= 0.6 is 0 Å². The Morgan fingerprint density at radius 3 is 2.89 bits per heavy atom. The monoisotopic (exact) mass is 244 g/mol. The summed E-state index contributed by atoms with van der Waals surface area (Å²) in [5.41, 5.74) is 2.17. The van der Waals surface area contributed by atoms with Crippen molar-refractivity contribution in [1.82, 2.24) is 5.32 Å². The number of anilines is 1. The van der Waals surface area contributed by atoms with Gasteiger partial charge < -0.3 is 10.6 Å². The Bertz CT molecular complexity index is 459. The maximum absolute atomic E-state index is 12.1. The number of fused-ring (bicyclic) bond motifs is 1. The van der Waals surface area contributed by atoms with Crippen molar-refractivity contribution in [2.24, 2.45) is 5.92 Å². The summed E-state index contributed by atoms with van der Waals surface area (Å²) in [6.07, 6.45) is 2.26. The molecule has 3 atom stereocenters. The summed E-state index contributed by atoms with van der Waals surface area (Å²) >= 11 is 0. The van der Waals surface area contributed by atoms with Crippen LogP contribution in [0.2, 0.25) is 0 Å². The van der Waals surface area contributed by atoms with E-state index in [1.165, 1.54) is 12.0 Å². The highest BCUT2D eigenvalue weighted by Gasteiger charge is 2.47. The summed E-state index contributed by atoms with van der Waals surface area (Å²) in [4.78, 5) is 12.1. The average molecular weight is 244 g/mol. The van der Waals surface area contributed by atoms with E-state index < -0.39 is 0 Å². The second kappa shape index (κ2) is 4.39. The van der Waals surface area contributed by atoms with Gasteiger partial charge in [-0.3, -0.25) is 4.79 Å². The number of benzene rings is 1. The van der Waals surface area contributed by atoms with Gasteiger partial charge in [0.05, 0.1) is 6.04 Å². The van der Waals surface area contributed by atoms with Crippen molar-refractivity contribution in [3.05, 3.63) is 29.8 Å². The molecule has 0 aromatic heterocycles. The highest BCUT2D eigenvalue weighted by molar-refractivity contribution is 5.95. The smallest absolute Gasteiger partial charge is 0.241 e. The molecule has 2 aliphatic rings. The van der Waals surface area contributed by atoms with Gasteiger partial charge in [0.2, 0.25) is 5.91 Å². The number of amides is 1. The molecule has 1 aromatic rings. The van der Waals surface area contributed by atoms with Gasteiger partial charge in [-0.15, -0.1) is 0 Å². The number of rotatable bonds is 3. The van der Waals surface area contributed by atoms with Crippen molar-refractivity contribution in [2.45, 2.75) is 44.7 Å². The van der Waals surface area contributed by atoms with Crippen LogP contribution in [-0.4, -0.2) is 18.0 Å². The zero-order valence-electron chi connectivity index (χ0n) is 10.9. The molecule has 0 bridgehead atoms. The number of piperidine rings is 1. The highest BCUT2D eigenvalue weighted by atomic mass is 16.2. The van der Waals surface area contributed by atoms with Crippen LogP contribution in [0.5, 0.6) is 0 Å². The molecule has 1 saturated heterocycles. The molecule has 1 heterocycles. The molecule has 1 saturated carbocycles. The molecular formula is C15H20N2O. The summed E-state index contributed by atoms with van der Waals surface area (Å²) in [6.45, 7) is 4.32. The molecule has 1 unspecified atom stereocenters. The summed E-state index contributed by atoms with van der Waals surface area (Å²) in [7, 11) is 0. The minimum atomic E-state index is 0.0106. The molecule has 0 radical (unpaired) electrons. The normalized spacial score (nSPS) is 29.2. The highest BCUT2D eigenvalue weighted by Crippen LogP contribution is 2.40. The zero-order valence-corrected chi connectivity index (χ0v) is 10.9. The van der Waals surface area contributed by atoms with E-state index in [2.05, 4.69) is 36.6 Å². The SMILES string of the molecule is CC(C)c1cccc(NC(=O)[C@@H]2CC3C[C@H]3N2)c1. The lowest BCUT2D eigenvalue weighted by Crippen LogP contribution is -2.37. The number of hydrogen-bond donors (Lipinski definition) is 2. The predicted molar refractivity (Wildman–Crippen MR) is 72.6 cm³/mol. The fraction of sp³-hybridized carbons (Fsp3) is 0.533. The van der Waals surface area contributed by atoms with E-state index >= 15 is 0 Å². The summed E-state index contributed by atoms with van der Waals surface area (Å²) < 4.78 is 0. The lowest BCUT2D eigenvalue weighted by atomic mass is 10.0. The number of carbonyl (C=O) groups excluding carboxylic acids is 1. The van der Waals surface area contributed by atoms with Gasteiger partial charge in [0.25, 0.3) is 0 Å². The zero-order chi connectivity index (χ0) is 12.7. The summed E-state index contributed by atoms with van der Waals surface area (Å²) in [6, 6.07) is 8.75. The Morgan fingerprint density at radius 2 is 2.22 bits per heavy atom. The van der Waals surface area contributed by atoms with E-state index in [9.17, 15) is 4.79 Å². The van der Waals surface area contributed by atoms with Crippen molar-refractivity contribution in [1.29, 1.82) is 0 Å². The molecule has 2 fully saturated rings. The van der Waals surface area contributed by atoms with Crippen molar-refractivity contribution < 1.29 is 4.79 Å². The molecule has 1 aliphatic heterocycles. The average Bonchev–Trinajstić information content (AvgIpc) is 2.96. The first-order valence-electron chi connectivity index (χ1n) is 6.80. The van der Waals surface area contributed by atoms with Crippen molar-refractivity contribution in [3.8, 4) is 0 Å². The van der Waals surface area contributed by atoms with Crippen LogP contribution in [-0.2, 0) is 4.79 Å². The van der Waals surface area contributed by atoms with Gasteiger partial charge in [-0.25, -0.2) is 0 Å². The molecule has 3 nitrogen and oxygen atoms in total. The standard InChI is InChI=1S/C15H20N2O/c1-9(2)10-4-3-5-12(6-10)16-15(18)14-8-11-7-13(11)17-14/h3-6,9,11,13-14,17H,7-8H2,1-2H3,(H,16,18)/t11?,13-,14+/m1/s1. The van der Waals surface area contributed by atoms with E-state index in [1.807, 2.05) is 12.1 Å². The fourth-order valence-corrected chi connectivity index (χ4v) is 2.73. The van der Waals surface area contributed by atoms with E-state index in [-0.39, 0.29) is 11.9 Å². The Labute approximate surface area is 108 Å². The third-order valence-electron chi connectivity index (χ3n) is 4.01. The summed E-state index contributed by atoms with van der Waals surface area (Å²) in [5, 5.41) is 6.39. The van der Waals surface area contributed by atoms with E-state index in [0.717, 1.165) is 18.0 Å². The first kappa shape index (κ1) is 11.7. The first-order chi connectivity index (χ1) is 8.63. The minimum Gasteiger partial charge on any atom is -0.325 e. The molecule has 1 aliphatic carbocycles. The maximum Gasteiger partial charge on any atom is 0.241 e. The lowest BCUT2D eigenvalue weighted by Gasteiger charge is -2.14. The molecule has 0 spiro atoms. The van der Waals surface area contributed by atoms with Gasteiger partial charge in [0.15, 0.2) is 0 Å². The fourth-order valence-electron chi connectivity index (χ4n) is 2.73. The number of hydrogen-bond acceptors (Lipinski definition) is 2. The van der Waals surface area contributed by atoms with Crippen LogP contribution in [0.15, 0.2) is 24.3 Å². The molecule has 1 amide bonds. The van der Waals surface area contributed by atoms with Gasteiger partial charge in [-0.2, -0.15) is 0 Å².